The first-order valence-electron chi connectivity index (χ1n) is 5.60. The van der Waals surface area contributed by atoms with E-state index in [-0.39, 0.29) is 11.5 Å². The fraction of sp³-hybridized carbons (Fsp3) is 0.200. The van der Waals surface area contributed by atoms with Crippen LogP contribution in [0.4, 0.5) is 0 Å². The molecule has 2 aromatic carbocycles. The van der Waals surface area contributed by atoms with Crippen LogP contribution in [0.2, 0.25) is 0 Å². The third kappa shape index (κ3) is 1.86. The third-order valence-corrected chi connectivity index (χ3v) is 3.13. The molecule has 0 saturated carbocycles. The summed E-state index contributed by atoms with van der Waals surface area (Å²) in [4.78, 5) is 0. The molecule has 0 saturated heterocycles. The minimum Gasteiger partial charge on any atom is -0.504 e. The van der Waals surface area contributed by atoms with E-state index in [0.29, 0.717) is 0 Å². The number of benzene rings is 2. The Balaban J connectivity index is 2.77. The molecule has 0 heterocycles. The zero-order chi connectivity index (χ0) is 12.6. The summed E-state index contributed by atoms with van der Waals surface area (Å²) in [5.41, 5.74) is 4.93. The molecule has 0 radical (unpaired) electrons. The lowest BCUT2D eigenvalue weighted by molar-refractivity contribution is 0.401. The summed E-state index contributed by atoms with van der Waals surface area (Å²) < 4.78 is 0. The Bertz CT molecular complexity index is 571. The van der Waals surface area contributed by atoms with Crippen molar-refractivity contribution in [1.82, 2.24) is 0 Å². The van der Waals surface area contributed by atoms with Crippen LogP contribution in [0.25, 0.3) is 11.1 Å². The zero-order valence-electron chi connectivity index (χ0n) is 10.3. The first kappa shape index (κ1) is 11.5. The Kier molecular flexibility index (Phi) is 2.80. The van der Waals surface area contributed by atoms with E-state index in [1.165, 1.54) is 0 Å². The van der Waals surface area contributed by atoms with Gasteiger partial charge in [-0.05, 0) is 49.1 Å². The molecule has 2 heteroatoms. The van der Waals surface area contributed by atoms with Gasteiger partial charge in [-0.2, -0.15) is 0 Å². The molecule has 2 rings (SSSR count). The van der Waals surface area contributed by atoms with E-state index in [0.717, 1.165) is 27.8 Å². The van der Waals surface area contributed by atoms with Crippen LogP contribution in [0.5, 0.6) is 11.5 Å². The lowest BCUT2D eigenvalue weighted by atomic mass is 9.92. The Morgan fingerprint density at radius 1 is 0.882 bits per heavy atom. The molecule has 17 heavy (non-hydrogen) atoms. The Morgan fingerprint density at radius 3 is 2.18 bits per heavy atom. The van der Waals surface area contributed by atoms with E-state index in [1.807, 2.05) is 45.0 Å². The summed E-state index contributed by atoms with van der Waals surface area (Å²) >= 11 is 0. The minimum atomic E-state index is -0.0580. The van der Waals surface area contributed by atoms with Gasteiger partial charge in [0.1, 0.15) is 0 Å². The molecule has 0 aliphatic heterocycles. The molecule has 0 fully saturated rings. The highest BCUT2D eigenvalue weighted by atomic mass is 16.3. The van der Waals surface area contributed by atoms with Crippen LogP contribution >= 0.6 is 0 Å². The van der Waals surface area contributed by atoms with Crippen LogP contribution in [-0.2, 0) is 0 Å². The largest absolute Gasteiger partial charge is 0.504 e. The van der Waals surface area contributed by atoms with E-state index < -0.39 is 0 Å². The molecule has 0 amide bonds. The molecular formula is C15H16O2. The SMILES string of the molecule is Cc1ccccc1-c1c(C)cc(O)c(O)c1C. The molecule has 88 valence electrons. The van der Waals surface area contributed by atoms with Crippen molar-refractivity contribution in [2.45, 2.75) is 20.8 Å². The van der Waals surface area contributed by atoms with Crippen LogP contribution in [0.3, 0.4) is 0 Å². The van der Waals surface area contributed by atoms with Crippen molar-refractivity contribution in [2.75, 3.05) is 0 Å². The lowest BCUT2D eigenvalue weighted by Crippen LogP contribution is -1.91. The second kappa shape index (κ2) is 4.13. The maximum atomic E-state index is 9.81. The van der Waals surface area contributed by atoms with Gasteiger partial charge >= 0.3 is 0 Å². The number of phenolic OH excluding ortho intramolecular Hbond substituents is 2. The maximum Gasteiger partial charge on any atom is 0.161 e. The van der Waals surface area contributed by atoms with Gasteiger partial charge in [0.2, 0.25) is 0 Å². The number of aryl methyl sites for hydroxylation is 2. The molecule has 0 atom stereocenters. The first-order valence-corrected chi connectivity index (χ1v) is 5.60. The Hall–Kier alpha value is -1.96. The molecule has 0 bridgehead atoms. The summed E-state index contributed by atoms with van der Waals surface area (Å²) in [7, 11) is 0. The second-order valence-corrected chi connectivity index (χ2v) is 4.38. The minimum absolute atomic E-state index is 0.0335. The summed E-state index contributed by atoms with van der Waals surface area (Å²) in [5, 5.41) is 19.4. The number of phenols is 2. The van der Waals surface area contributed by atoms with Gasteiger partial charge in [0, 0.05) is 5.56 Å². The molecule has 0 unspecified atom stereocenters. The van der Waals surface area contributed by atoms with Gasteiger partial charge in [0.25, 0.3) is 0 Å². The topological polar surface area (TPSA) is 40.5 Å². The molecule has 2 nitrogen and oxygen atoms in total. The van der Waals surface area contributed by atoms with Crippen molar-refractivity contribution in [1.29, 1.82) is 0 Å². The summed E-state index contributed by atoms with van der Waals surface area (Å²) in [6, 6.07) is 9.64. The number of hydrogen-bond donors (Lipinski definition) is 2. The van der Waals surface area contributed by atoms with Crippen LogP contribution in [0, 0.1) is 20.8 Å². The molecular weight excluding hydrogens is 212 g/mol. The molecule has 0 spiro atoms. The lowest BCUT2D eigenvalue weighted by Gasteiger charge is -2.14. The average Bonchev–Trinajstić information content (AvgIpc) is 2.29. The summed E-state index contributed by atoms with van der Waals surface area (Å²) in [6.07, 6.45) is 0. The van der Waals surface area contributed by atoms with Gasteiger partial charge in [-0.1, -0.05) is 24.3 Å². The monoisotopic (exact) mass is 228 g/mol. The molecule has 0 aromatic heterocycles. The quantitative estimate of drug-likeness (QED) is 0.731. The van der Waals surface area contributed by atoms with Crippen molar-refractivity contribution in [2.24, 2.45) is 0 Å². The van der Waals surface area contributed by atoms with Gasteiger partial charge in [-0.3, -0.25) is 0 Å². The van der Waals surface area contributed by atoms with Gasteiger partial charge in [0.05, 0.1) is 0 Å². The highest BCUT2D eigenvalue weighted by Gasteiger charge is 2.14. The van der Waals surface area contributed by atoms with E-state index in [1.54, 1.807) is 6.07 Å². The highest BCUT2D eigenvalue weighted by Crippen LogP contribution is 2.39. The number of rotatable bonds is 1. The van der Waals surface area contributed by atoms with Gasteiger partial charge in [0.15, 0.2) is 11.5 Å². The first-order chi connectivity index (χ1) is 8.02. The summed E-state index contributed by atoms with van der Waals surface area (Å²) in [6.45, 7) is 5.80. The maximum absolute atomic E-state index is 9.81. The predicted octanol–water partition coefficient (Wildman–Crippen LogP) is 3.69. The van der Waals surface area contributed by atoms with E-state index in [9.17, 15) is 10.2 Å². The van der Waals surface area contributed by atoms with E-state index in [4.69, 9.17) is 0 Å². The van der Waals surface area contributed by atoms with Crippen molar-refractivity contribution >= 4 is 0 Å². The third-order valence-electron chi connectivity index (χ3n) is 3.13. The summed E-state index contributed by atoms with van der Waals surface area (Å²) in [5.74, 6) is -0.0915. The van der Waals surface area contributed by atoms with E-state index >= 15 is 0 Å². The molecule has 0 aliphatic rings. The fourth-order valence-electron chi connectivity index (χ4n) is 2.22. The molecule has 2 aromatic rings. The van der Waals surface area contributed by atoms with Crippen LogP contribution in [-0.4, -0.2) is 10.2 Å². The number of hydrogen-bond acceptors (Lipinski definition) is 2. The smallest absolute Gasteiger partial charge is 0.161 e. The van der Waals surface area contributed by atoms with Gasteiger partial charge < -0.3 is 10.2 Å². The van der Waals surface area contributed by atoms with Crippen molar-refractivity contribution < 1.29 is 10.2 Å². The van der Waals surface area contributed by atoms with Crippen molar-refractivity contribution in [3.8, 4) is 22.6 Å². The molecule has 2 N–H and O–H groups in total. The predicted molar refractivity (Wildman–Crippen MR) is 69.4 cm³/mol. The standard InChI is InChI=1S/C15H16O2/c1-9-6-4-5-7-12(9)14-10(2)8-13(16)15(17)11(14)3/h4-8,16-17H,1-3H3. The van der Waals surface area contributed by atoms with E-state index in [2.05, 4.69) is 0 Å². The van der Waals surface area contributed by atoms with Gasteiger partial charge in [-0.25, -0.2) is 0 Å². The Morgan fingerprint density at radius 2 is 1.53 bits per heavy atom. The zero-order valence-corrected chi connectivity index (χ0v) is 10.3. The second-order valence-electron chi connectivity index (χ2n) is 4.38. The van der Waals surface area contributed by atoms with Crippen molar-refractivity contribution in [3.63, 3.8) is 0 Å². The highest BCUT2D eigenvalue weighted by molar-refractivity contribution is 5.77. The van der Waals surface area contributed by atoms with Crippen LogP contribution < -0.4 is 0 Å². The molecule has 0 aliphatic carbocycles. The van der Waals surface area contributed by atoms with Crippen LogP contribution in [0.1, 0.15) is 16.7 Å². The number of aromatic hydroxyl groups is 2. The van der Waals surface area contributed by atoms with Crippen molar-refractivity contribution in [3.05, 3.63) is 47.0 Å². The van der Waals surface area contributed by atoms with Crippen LogP contribution in [0.15, 0.2) is 30.3 Å². The normalized spacial score (nSPS) is 10.5. The van der Waals surface area contributed by atoms with Gasteiger partial charge in [-0.15, -0.1) is 0 Å². The fourth-order valence-corrected chi connectivity index (χ4v) is 2.22. The average molecular weight is 228 g/mol. The Labute approximate surface area is 101 Å².